The van der Waals surface area contributed by atoms with Crippen LogP contribution in [0, 0.1) is 0 Å². The Morgan fingerprint density at radius 2 is 1.70 bits per heavy atom. The molecule has 1 unspecified atom stereocenters. The second kappa shape index (κ2) is 7.05. The van der Waals surface area contributed by atoms with Crippen molar-refractivity contribution >= 4 is 11.7 Å². The van der Waals surface area contributed by atoms with Gasteiger partial charge in [0.1, 0.15) is 5.75 Å². The number of rotatable bonds is 6. The molecule has 0 fully saturated rings. The van der Waals surface area contributed by atoms with Crippen LogP contribution >= 0.6 is 0 Å². The van der Waals surface area contributed by atoms with Gasteiger partial charge in [0, 0.05) is 19.7 Å². The van der Waals surface area contributed by atoms with Crippen molar-refractivity contribution < 1.29 is 14.3 Å². The van der Waals surface area contributed by atoms with Crippen molar-refractivity contribution in [1.29, 1.82) is 0 Å². The minimum absolute atomic E-state index is 0.0123. The van der Waals surface area contributed by atoms with Crippen LogP contribution in [0.2, 0.25) is 0 Å². The van der Waals surface area contributed by atoms with E-state index in [1.165, 1.54) is 4.90 Å². The van der Waals surface area contributed by atoms with Crippen LogP contribution in [0.25, 0.3) is 0 Å². The van der Waals surface area contributed by atoms with Crippen LogP contribution in [0.4, 0.5) is 0 Å². The SMILES string of the molecule is COc1ccc(C(=O)C(C)N(C)CC(=O)N(C)C)cc1. The number of carbonyl (C=O) groups excluding carboxylic acids is 2. The van der Waals surface area contributed by atoms with E-state index in [2.05, 4.69) is 0 Å². The van der Waals surface area contributed by atoms with Gasteiger partial charge in [-0.2, -0.15) is 0 Å². The molecule has 0 aromatic heterocycles. The Labute approximate surface area is 120 Å². The van der Waals surface area contributed by atoms with Gasteiger partial charge in [0.05, 0.1) is 19.7 Å². The number of hydrogen-bond donors (Lipinski definition) is 0. The Hall–Kier alpha value is -1.88. The molecule has 20 heavy (non-hydrogen) atoms. The first-order chi connectivity index (χ1) is 9.36. The predicted octanol–water partition coefficient (Wildman–Crippen LogP) is 1.29. The van der Waals surface area contributed by atoms with E-state index < -0.39 is 0 Å². The van der Waals surface area contributed by atoms with Gasteiger partial charge >= 0.3 is 0 Å². The lowest BCUT2D eigenvalue weighted by Crippen LogP contribution is -2.42. The van der Waals surface area contributed by atoms with E-state index in [-0.39, 0.29) is 24.3 Å². The van der Waals surface area contributed by atoms with Crippen LogP contribution < -0.4 is 4.74 Å². The molecule has 0 heterocycles. The van der Waals surface area contributed by atoms with Crippen molar-refractivity contribution in [3.63, 3.8) is 0 Å². The Balaban J connectivity index is 2.72. The Morgan fingerprint density at radius 1 is 1.15 bits per heavy atom. The molecule has 0 aliphatic heterocycles. The molecule has 0 bridgehead atoms. The van der Waals surface area contributed by atoms with Gasteiger partial charge in [0.15, 0.2) is 5.78 Å². The van der Waals surface area contributed by atoms with E-state index in [4.69, 9.17) is 4.74 Å². The maximum Gasteiger partial charge on any atom is 0.236 e. The molecule has 1 aromatic rings. The lowest BCUT2D eigenvalue weighted by molar-refractivity contribution is -0.129. The van der Waals surface area contributed by atoms with Gasteiger partial charge in [-0.1, -0.05) is 0 Å². The average Bonchev–Trinajstić information content (AvgIpc) is 2.45. The lowest BCUT2D eigenvalue weighted by atomic mass is 10.0. The largest absolute Gasteiger partial charge is 0.497 e. The Bertz CT molecular complexity index is 469. The number of Topliss-reactive ketones (excluding diaryl/α,β-unsaturated/α-hetero) is 1. The molecule has 0 N–H and O–H groups in total. The van der Waals surface area contributed by atoms with Crippen LogP contribution in [0.3, 0.4) is 0 Å². The van der Waals surface area contributed by atoms with Crippen LogP contribution in [0.1, 0.15) is 17.3 Å². The van der Waals surface area contributed by atoms with Crippen LogP contribution in [0.15, 0.2) is 24.3 Å². The third-order valence-electron chi connectivity index (χ3n) is 3.30. The molecule has 0 spiro atoms. The smallest absolute Gasteiger partial charge is 0.236 e. The van der Waals surface area contributed by atoms with E-state index in [1.54, 1.807) is 64.3 Å². The molecule has 0 radical (unpaired) electrons. The summed E-state index contributed by atoms with van der Waals surface area (Å²) >= 11 is 0. The van der Waals surface area contributed by atoms with Crippen molar-refractivity contribution in [3.05, 3.63) is 29.8 Å². The van der Waals surface area contributed by atoms with Gasteiger partial charge in [-0.05, 0) is 38.2 Å². The number of nitrogens with zero attached hydrogens (tertiary/aromatic N) is 2. The molecule has 5 nitrogen and oxygen atoms in total. The van der Waals surface area contributed by atoms with Crippen molar-refractivity contribution in [2.24, 2.45) is 0 Å². The molecule has 0 aliphatic rings. The summed E-state index contributed by atoms with van der Waals surface area (Å²) in [7, 11) is 6.76. The molecule has 1 atom stereocenters. The number of ketones is 1. The van der Waals surface area contributed by atoms with Gasteiger partial charge in [-0.25, -0.2) is 0 Å². The molecule has 0 saturated heterocycles. The summed E-state index contributed by atoms with van der Waals surface area (Å²) in [5, 5.41) is 0. The van der Waals surface area contributed by atoms with Crippen molar-refractivity contribution in [3.8, 4) is 5.75 Å². The van der Waals surface area contributed by atoms with Gasteiger partial charge in [-0.3, -0.25) is 14.5 Å². The van der Waals surface area contributed by atoms with Gasteiger partial charge < -0.3 is 9.64 Å². The number of amides is 1. The highest BCUT2D eigenvalue weighted by molar-refractivity contribution is 6.00. The third kappa shape index (κ3) is 4.06. The molecule has 1 amide bonds. The van der Waals surface area contributed by atoms with Gasteiger partial charge in [0.2, 0.25) is 5.91 Å². The molecular weight excluding hydrogens is 256 g/mol. The summed E-state index contributed by atoms with van der Waals surface area (Å²) in [5.41, 5.74) is 0.613. The monoisotopic (exact) mass is 278 g/mol. The summed E-state index contributed by atoms with van der Waals surface area (Å²) in [6.07, 6.45) is 0. The van der Waals surface area contributed by atoms with E-state index >= 15 is 0 Å². The van der Waals surface area contributed by atoms with E-state index in [9.17, 15) is 9.59 Å². The highest BCUT2D eigenvalue weighted by atomic mass is 16.5. The second-order valence-electron chi connectivity index (χ2n) is 4.97. The molecule has 0 saturated carbocycles. The maximum atomic E-state index is 12.3. The Morgan fingerprint density at radius 3 is 2.15 bits per heavy atom. The fourth-order valence-corrected chi connectivity index (χ4v) is 1.69. The first kappa shape index (κ1) is 16.2. The summed E-state index contributed by atoms with van der Waals surface area (Å²) in [6, 6.07) is 6.63. The molecule has 5 heteroatoms. The zero-order valence-corrected chi connectivity index (χ0v) is 12.7. The average molecular weight is 278 g/mol. The molecule has 1 rings (SSSR count). The van der Waals surface area contributed by atoms with Crippen LogP contribution in [-0.2, 0) is 4.79 Å². The van der Waals surface area contributed by atoms with Crippen molar-refractivity contribution in [2.75, 3.05) is 34.8 Å². The number of ether oxygens (including phenoxy) is 1. The molecule has 0 aliphatic carbocycles. The molecule has 1 aromatic carbocycles. The third-order valence-corrected chi connectivity index (χ3v) is 3.30. The normalized spacial score (nSPS) is 12.1. The first-order valence-corrected chi connectivity index (χ1v) is 6.45. The summed E-state index contributed by atoms with van der Waals surface area (Å²) in [5.74, 6) is 0.675. The van der Waals surface area contributed by atoms with Crippen molar-refractivity contribution in [2.45, 2.75) is 13.0 Å². The Kier molecular flexibility index (Phi) is 5.70. The maximum absolute atomic E-state index is 12.3. The standard InChI is InChI=1S/C15H22N2O3/c1-11(17(4)10-14(18)16(2)3)15(19)12-6-8-13(20-5)9-7-12/h6-9,11H,10H2,1-5H3. The summed E-state index contributed by atoms with van der Waals surface area (Å²) in [6.45, 7) is 2.02. The van der Waals surface area contributed by atoms with Gasteiger partial charge in [0.25, 0.3) is 0 Å². The van der Waals surface area contributed by atoms with E-state index in [0.717, 1.165) is 0 Å². The first-order valence-electron chi connectivity index (χ1n) is 6.45. The quantitative estimate of drug-likeness (QED) is 0.736. The second-order valence-corrected chi connectivity index (χ2v) is 4.97. The minimum atomic E-state index is -0.354. The highest BCUT2D eigenvalue weighted by Gasteiger charge is 2.21. The fraction of sp³-hybridized carbons (Fsp3) is 0.467. The molecular formula is C15H22N2O3. The summed E-state index contributed by atoms with van der Waals surface area (Å²) in [4.78, 5) is 27.2. The highest BCUT2D eigenvalue weighted by Crippen LogP contribution is 2.14. The number of benzene rings is 1. The lowest BCUT2D eigenvalue weighted by Gasteiger charge is -2.24. The number of carbonyl (C=O) groups is 2. The van der Waals surface area contributed by atoms with E-state index in [1.807, 2.05) is 0 Å². The fourth-order valence-electron chi connectivity index (χ4n) is 1.69. The molecule has 110 valence electrons. The van der Waals surface area contributed by atoms with Crippen molar-refractivity contribution in [1.82, 2.24) is 9.80 Å². The van der Waals surface area contributed by atoms with Gasteiger partial charge in [-0.15, -0.1) is 0 Å². The van der Waals surface area contributed by atoms with Crippen LogP contribution in [0.5, 0.6) is 5.75 Å². The number of hydrogen-bond acceptors (Lipinski definition) is 4. The predicted molar refractivity (Wildman–Crippen MR) is 78.1 cm³/mol. The zero-order chi connectivity index (χ0) is 15.3. The number of methoxy groups -OCH3 is 1. The topological polar surface area (TPSA) is 49.9 Å². The number of likely N-dealkylation sites (N-methyl/N-ethyl adjacent to an activating group) is 2. The minimum Gasteiger partial charge on any atom is -0.497 e. The van der Waals surface area contributed by atoms with E-state index in [0.29, 0.717) is 11.3 Å². The van der Waals surface area contributed by atoms with Crippen LogP contribution in [-0.4, -0.2) is 62.3 Å². The zero-order valence-electron chi connectivity index (χ0n) is 12.7. The summed E-state index contributed by atoms with van der Waals surface area (Å²) < 4.78 is 5.06.